The molecule has 1 heterocycles. The van der Waals surface area contributed by atoms with Crippen molar-refractivity contribution in [2.45, 2.75) is 6.43 Å². The molecule has 0 fully saturated rings. The van der Waals surface area contributed by atoms with Crippen LogP contribution >= 0.6 is 34.2 Å². The van der Waals surface area contributed by atoms with Gasteiger partial charge in [0.2, 0.25) is 5.95 Å². The Hall–Kier alpha value is -0.0400. The zero-order valence-electron chi connectivity index (χ0n) is 5.49. The molecular formula is C6H2ClF3IN. The number of aromatic nitrogens is 1. The number of nitrogens with zero attached hydrogens (tertiary/aromatic N) is 1. The van der Waals surface area contributed by atoms with E-state index in [0.29, 0.717) is 0 Å². The van der Waals surface area contributed by atoms with E-state index in [1.165, 1.54) is 0 Å². The van der Waals surface area contributed by atoms with Crippen LogP contribution in [-0.4, -0.2) is 4.98 Å². The summed E-state index contributed by atoms with van der Waals surface area (Å²) in [6, 6.07) is 0.911. The minimum absolute atomic E-state index is 0.0834. The molecule has 66 valence electrons. The summed E-state index contributed by atoms with van der Waals surface area (Å²) in [5, 5.41) is -0.477. The van der Waals surface area contributed by atoms with E-state index >= 15 is 0 Å². The lowest BCUT2D eigenvalue weighted by atomic mass is 10.3. The Morgan fingerprint density at radius 2 is 2.08 bits per heavy atom. The molecule has 0 aromatic carbocycles. The number of hydrogen-bond acceptors (Lipinski definition) is 1. The van der Waals surface area contributed by atoms with Gasteiger partial charge in [-0.2, -0.15) is 4.39 Å². The van der Waals surface area contributed by atoms with Crippen LogP contribution in [-0.2, 0) is 0 Å². The predicted molar refractivity (Wildman–Crippen MR) is 46.9 cm³/mol. The van der Waals surface area contributed by atoms with Crippen LogP contribution in [0.2, 0.25) is 5.15 Å². The van der Waals surface area contributed by atoms with E-state index in [4.69, 9.17) is 11.6 Å². The van der Waals surface area contributed by atoms with Gasteiger partial charge in [0.05, 0.1) is 5.56 Å². The van der Waals surface area contributed by atoms with E-state index in [-0.39, 0.29) is 3.57 Å². The molecule has 0 saturated carbocycles. The maximum Gasteiger partial charge on any atom is 0.267 e. The zero-order valence-corrected chi connectivity index (χ0v) is 8.41. The van der Waals surface area contributed by atoms with Gasteiger partial charge < -0.3 is 0 Å². The van der Waals surface area contributed by atoms with Crippen LogP contribution in [0.3, 0.4) is 0 Å². The van der Waals surface area contributed by atoms with E-state index < -0.39 is 23.1 Å². The Labute approximate surface area is 85.1 Å². The molecule has 6 heteroatoms. The first kappa shape index (κ1) is 10.0. The van der Waals surface area contributed by atoms with E-state index in [1.54, 1.807) is 22.6 Å². The summed E-state index contributed by atoms with van der Waals surface area (Å²) in [5.41, 5.74) is -0.418. The van der Waals surface area contributed by atoms with Gasteiger partial charge in [-0.15, -0.1) is 0 Å². The lowest BCUT2D eigenvalue weighted by Gasteiger charge is -2.04. The normalized spacial score (nSPS) is 10.8. The fourth-order valence-electron chi connectivity index (χ4n) is 0.661. The molecule has 1 rings (SSSR count). The Morgan fingerprint density at radius 1 is 1.50 bits per heavy atom. The lowest BCUT2D eigenvalue weighted by Crippen LogP contribution is -1.96. The molecule has 0 bridgehead atoms. The Morgan fingerprint density at radius 3 is 2.50 bits per heavy atom. The van der Waals surface area contributed by atoms with Gasteiger partial charge in [0.25, 0.3) is 6.43 Å². The third-order valence-corrected chi connectivity index (χ3v) is 2.33. The third-order valence-electron chi connectivity index (χ3n) is 1.15. The average Bonchev–Trinajstić information content (AvgIpc) is 1.82. The SMILES string of the molecule is Fc1cc(I)c(C(F)F)c(Cl)n1. The quantitative estimate of drug-likeness (QED) is 0.572. The van der Waals surface area contributed by atoms with Crippen LogP contribution < -0.4 is 0 Å². The van der Waals surface area contributed by atoms with Crippen LogP contribution in [0.1, 0.15) is 12.0 Å². The molecule has 0 saturated heterocycles. The molecule has 0 aliphatic carbocycles. The van der Waals surface area contributed by atoms with Gasteiger partial charge in [-0.1, -0.05) is 11.6 Å². The number of rotatable bonds is 1. The van der Waals surface area contributed by atoms with Crippen LogP contribution in [0.25, 0.3) is 0 Å². The fraction of sp³-hybridized carbons (Fsp3) is 0.167. The summed E-state index contributed by atoms with van der Waals surface area (Å²) < 4.78 is 36.8. The van der Waals surface area contributed by atoms with Crippen LogP contribution in [0, 0.1) is 9.52 Å². The van der Waals surface area contributed by atoms with Crippen molar-refractivity contribution >= 4 is 34.2 Å². The topological polar surface area (TPSA) is 12.9 Å². The van der Waals surface area contributed by atoms with E-state index in [1.807, 2.05) is 0 Å². The average molecular weight is 307 g/mol. The monoisotopic (exact) mass is 307 g/mol. The smallest absolute Gasteiger partial charge is 0.207 e. The van der Waals surface area contributed by atoms with Crippen molar-refractivity contribution < 1.29 is 13.2 Å². The second-order valence-corrected chi connectivity index (χ2v) is 3.45. The second kappa shape index (κ2) is 3.78. The van der Waals surface area contributed by atoms with Gasteiger partial charge in [0.1, 0.15) is 5.15 Å². The molecule has 1 aromatic heterocycles. The van der Waals surface area contributed by atoms with Crippen molar-refractivity contribution in [3.8, 4) is 0 Å². The highest BCUT2D eigenvalue weighted by atomic mass is 127. The summed E-state index contributed by atoms with van der Waals surface area (Å²) in [6.45, 7) is 0. The molecule has 1 nitrogen and oxygen atoms in total. The van der Waals surface area contributed by atoms with Crippen molar-refractivity contribution in [3.63, 3.8) is 0 Å². The van der Waals surface area contributed by atoms with Gasteiger partial charge >= 0.3 is 0 Å². The number of alkyl halides is 2. The molecule has 0 radical (unpaired) electrons. The van der Waals surface area contributed by atoms with Crippen molar-refractivity contribution in [2.24, 2.45) is 0 Å². The molecule has 0 aliphatic heterocycles. The van der Waals surface area contributed by atoms with Gasteiger partial charge in [-0.3, -0.25) is 0 Å². The molecular weight excluding hydrogens is 305 g/mol. The Bertz CT molecular complexity index is 282. The van der Waals surface area contributed by atoms with Gasteiger partial charge in [-0.05, 0) is 22.6 Å². The fourth-order valence-corrected chi connectivity index (χ4v) is 1.83. The summed E-state index contributed by atoms with van der Waals surface area (Å²) in [7, 11) is 0. The maximum atomic E-state index is 12.4. The number of halogens is 5. The molecule has 0 N–H and O–H groups in total. The number of pyridine rings is 1. The van der Waals surface area contributed by atoms with E-state index in [0.717, 1.165) is 6.07 Å². The molecule has 12 heavy (non-hydrogen) atoms. The van der Waals surface area contributed by atoms with Crippen molar-refractivity contribution in [1.29, 1.82) is 0 Å². The van der Waals surface area contributed by atoms with Gasteiger partial charge in [0.15, 0.2) is 0 Å². The second-order valence-electron chi connectivity index (χ2n) is 1.93. The predicted octanol–water partition coefficient (Wildman–Crippen LogP) is 3.42. The third kappa shape index (κ3) is 2.01. The molecule has 0 atom stereocenters. The highest BCUT2D eigenvalue weighted by Gasteiger charge is 2.18. The van der Waals surface area contributed by atoms with Crippen LogP contribution in [0.4, 0.5) is 13.2 Å². The van der Waals surface area contributed by atoms with E-state index in [2.05, 4.69) is 4.98 Å². The minimum Gasteiger partial charge on any atom is -0.207 e. The molecule has 1 aromatic rings. The van der Waals surface area contributed by atoms with Crippen LogP contribution in [0.5, 0.6) is 0 Å². The van der Waals surface area contributed by atoms with E-state index in [9.17, 15) is 13.2 Å². The zero-order chi connectivity index (χ0) is 9.30. The molecule has 0 amide bonds. The largest absolute Gasteiger partial charge is 0.267 e. The first-order valence-corrected chi connectivity index (χ1v) is 4.27. The summed E-state index contributed by atoms with van der Waals surface area (Å²) in [6.07, 6.45) is -2.72. The minimum atomic E-state index is -2.72. The first-order valence-electron chi connectivity index (χ1n) is 2.82. The maximum absolute atomic E-state index is 12.4. The van der Waals surface area contributed by atoms with Crippen molar-refractivity contribution in [1.82, 2.24) is 4.98 Å². The highest BCUT2D eigenvalue weighted by Crippen LogP contribution is 2.29. The Kier molecular flexibility index (Phi) is 3.16. The van der Waals surface area contributed by atoms with Gasteiger partial charge in [0, 0.05) is 9.64 Å². The summed E-state index contributed by atoms with van der Waals surface area (Å²) in [5.74, 6) is -0.853. The van der Waals surface area contributed by atoms with Gasteiger partial charge in [-0.25, -0.2) is 13.8 Å². The standard InChI is InChI=1S/C6H2ClF3IN/c7-5-4(6(9)10)2(11)1-3(8)12-5/h1,6H. The highest BCUT2D eigenvalue weighted by molar-refractivity contribution is 14.1. The summed E-state index contributed by atoms with van der Waals surface area (Å²) in [4.78, 5) is 3.07. The van der Waals surface area contributed by atoms with Crippen LogP contribution in [0.15, 0.2) is 6.07 Å². The molecule has 0 unspecified atom stereocenters. The van der Waals surface area contributed by atoms with Crippen molar-refractivity contribution in [2.75, 3.05) is 0 Å². The first-order chi connectivity index (χ1) is 5.52. The Balaban J connectivity index is 3.28. The molecule has 0 spiro atoms. The lowest BCUT2D eigenvalue weighted by molar-refractivity contribution is 0.150. The molecule has 0 aliphatic rings. The number of hydrogen-bond donors (Lipinski definition) is 0. The summed E-state index contributed by atoms with van der Waals surface area (Å²) >= 11 is 6.88. The van der Waals surface area contributed by atoms with Crippen molar-refractivity contribution in [3.05, 3.63) is 26.3 Å².